The smallest absolute Gasteiger partial charge is 0.231 e. The van der Waals surface area contributed by atoms with E-state index in [-0.39, 0.29) is 35.3 Å². The lowest BCUT2D eigenvalue weighted by Crippen LogP contribution is -2.28. The van der Waals surface area contributed by atoms with Crippen LogP contribution in [0.4, 0.5) is 29.7 Å². The van der Waals surface area contributed by atoms with Crippen LogP contribution in [-0.4, -0.2) is 29.3 Å². The third-order valence-corrected chi connectivity index (χ3v) is 5.71. The molecule has 0 radical (unpaired) electrons. The van der Waals surface area contributed by atoms with Gasteiger partial charge in [-0.15, -0.1) is 11.3 Å². The molecule has 0 bridgehead atoms. The molecule has 4 rings (SSSR count). The molecule has 1 aliphatic heterocycles. The van der Waals surface area contributed by atoms with Gasteiger partial charge in [-0.3, -0.25) is 14.4 Å². The summed E-state index contributed by atoms with van der Waals surface area (Å²) in [7, 11) is 0. The zero-order chi connectivity index (χ0) is 23.7. The van der Waals surface area contributed by atoms with E-state index in [9.17, 15) is 27.6 Å². The molecule has 1 atom stereocenters. The summed E-state index contributed by atoms with van der Waals surface area (Å²) in [4.78, 5) is 41.4. The highest BCUT2D eigenvalue weighted by Crippen LogP contribution is 2.31. The lowest BCUT2D eigenvalue weighted by atomic mass is 10.1. The van der Waals surface area contributed by atoms with Crippen molar-refractivity contribution in [3.63, 3.8) is 0 Å². The Hall–Kier alpha value is -3.73. The van der Waals surface area contributed by atoms with Crippen LogP contribution >= 0.6 is 11.3 Å². The first-order chi connectivity index (χ1) is 15.7. The van der Waals surface area contributed by atoms with Gasteiger partial charge in [0.15, 0.2) is 5.13 Å². The van der Waals surface area contributed by atoms with Crippen molar-refractivity contribution >= 4 is 45.6 Å². The van der Waals surface area contributed by atoms with Gasteiger partial charge in [0.25, 0.3) is 0 Å². The van der Waals surface area contributed by atoms with Crippen LogP contribution in [0, 0.1) is 23.4 Å². The number of aromatic nitrogens is 1. The van der Waals surface area contributed by atoms with Gasteiger partial charge in [-0.05, 0) is 30.3 Å². The molecule has 1 saturated heterocycles. The molecular weight excluding hydrogens is 457 g/mol. The molecule has 3 aromatic rings. The Morgan fingerprint density at radius 3 is 2.48 bits per heavy atom. The van der Waals surface area contributed by atoms with E-state index in [1.165, 1.54) is 25.1 Å². The predicted molar refractivity (Wildman–Crippen MR) is 117 cm³/mol. The monoisotopic (exact) mass is 474 g/mol. The van der Waals surface area contributed by atoms with Crippen molar-refractivity contribution in [2.45, 2.75) is 13.3 Å². The van der Waals surface area contributed by atoms with Crippen LogP contribution in [0.5, 0.6) is 0 Å². The number of halogens is 3. The Balaban J connectivity index is 1.44. The van der Waals surface area contributed by atoms with E-state index in [2.05, 4.69) is 15.6 Å². The zero-order valence-corrected chi connectivity index (χ0v) is 18.0. The summed E-state index contributed by atoms with van der Waals surface area (Å²) in [6.07, 6.45) is -0.124. The second-order valence-corrected chi connectivity index (χ2v) is 8.29. The van der Waals surface area contributed by atoms with E-state index in [4.69, 9.17) is 0 Å². The molecule has 1 unspecified atom stereocenters. The highest BCUT2D eigenvalue weighted by molar-refractivity contribution is 7.14. The number of hydrogen-bond donors (Lipinski definition) is 2. The lowest BCUT2D eigenvalue weighted by Gasteiger charge is -2.16. The molecule has 1 aliphatic rings. The third kappa shape index (κ3) is 5.03. The quantitative estimate of drug-likeness (QED) is 0.581. The maximum atomic E-state index is 14.4. The van der Waals surface area contributed by atoms with Crippen LogP contribution in [0.3, 0.4) is 0 Å². The molecule has 2 N–H and O–H groups in total. The maximum absolute atomic E-state index is 14.4. The Labute approximate surface area is 190 Å². The van der Waals surface area contributed by atoms with E-state index in [0.29, 0.717) is 17.4 Å². The average molecular weight is 474 g/mol. The molecule has 33 heavy (non-hydrogen) atoms. The maximum Gasteiger partial charge on any atom is 0.231 e. The van der Waals surface area contributed by atoms with Gasteiger partial charge < -0.3 is 15.5 Å². The molecule has 0 aliphatic carbocycles. The molecule has 3 amide bonds. The largest absolute Gasteiger partial charge is 0.326 e. The van der Waals surface area contributed by atoms with E-state index in [1.807, 2.05) is 0 Å². The van der Waals surface area contributed by atoms with Gasteiger partial charge in [0.1, 0.15) is 17.5 Å². The second kappa shape index (κ2) is 9.02. The van der Waals surface area contributed by atoms with Crippen molar-refractivity contribution < 1.29 is 27.6 Å². The Bertz CT molecular complexity index is 1240. The second-order valence-electron chi connectivity index (χ2n) is 7.44. The summed E-state index contributed by atoms with van der Waals surface area (Å²) in [5.74, 6) is -4.22. The van der Waals surface area contributed by atoms with Gasteiger partial charge in [0, 0.05) is 48.3 Å². The van der Waals surface area contributed by atoms with Crippen molar-refractivity contribution in [3.05, 3.63) is 59.2 Å². The minimum absolute atomic E-state index is 0.0367. The highest BCUT2D eigenvalue weighted by atomic mass is 32.1. The van der Waals surface area contributed by atoms with Crippen LogP contribution in [0.15, 0.2) is 41.8 Å². The molecule has 11 heteroatoms. The first kappa shape index (κ1) is 22.5. The number of amides is 3. The fraction of sp³-hybridized carbons (Fsp3) is 0.182. The zero-order valence-electron chi connectivity index (χ0n) is 17.2. The molecule has 1 aromatic heterocycles. The first-order valence-corrected chi connectivity index (χ1v) is 10.7. The van der Waals surface area contributed by atoms with Crippen molar-refractivity contribution in [3.8, 4) is 11.3 Å². The topological polar surface area (TPSA) is 91.4 Å². The van der Waals surface area contributed by atoms with Crippen molar-refractivity contribution in [1.82, 2.24) is 4.98 Å². The van der Waals surface area contributed by atoms with Gasteiger partial charge in [0.05, 0.1) is 11.6 Å². The standard InChI is InChI=1S/C22H17F3N4O3S/c1-11(30)26-15-2-3-17(18(25)8-15)19-10-33-22(27-19)28-21(32)12-4-20(31)29(9-12)16-6-13(23)5-14(24)7-16/h2-3,5-8,10,12H,4,9H2,1H3,(H,26,30)(H,27,28,32). The van der Waals surface area contributed by atoms with Crippen LogP contribution < -0.4 is 15.5 Å². The Morgan fingerprint density at radius 2 is 1.82 bits per heavy atom. The Morgan fingerprint density at radius 1 is 1.09 bits per heavy atom. The van der Waals surface area contributed by atoms with Gasteiger partial charge in [-0.25, -0.2) is 18.2 Å². The van der Waals surface area contributed by atoms with Crippen LogP contribution in [0.1, 0.15) is 13.3 Å². The fourth-order valence-corrected chi connectivity index (χ4v) is 4.21. The molecular formula is C22H17F3N4O3S. The normalized spacial score (nSPS) is 15.6. The van der Waals surface area contributed by atoms with E-state index in [1.54, 1.807) is 5.38 Å². The van der Waals surface area contributed by atoms with Gasteiger partial charge in [-0.2, -0.15) is 0 Å². The summed E-state index contributed by atoms with van der Waals surface area (Å²) in [6.45, 7) is 1.28. The summed E-state index contributed by atoms with van der Waals surface area (Å²) in [5, 5.41) is 6.87. The van der Waals surface area contributed by atoms with Crippen molar-refractivity contribution in [2.24, 2.45) is 5.92 Å². The summed E-state index contributed by atoms with van der Waals surface area (Å²) in [6, 6.07) is 6.92. The summed E-state index contributed by atoms with van der Waals surface area (Å²) in [5.41, 5.74) is 0.835. The first-order valence-electron chi connectivity index (χ1n) is 9.80. The molecule has 0 saturated carbocycles. The summed E-state index contributed by atoms with van der Waals surface area (Å²) >= 11 is 1.08. The van der Waals surface area contributed by atoms with E-state index in [0.717, 1.165) is 28.4 Å². The number of anilines is 3. The van der Waals surface area contributed by atoms with E-state index < -0.39 is 35.2 Å². The predicted octanol–water partition coefficient (Wildman–Crippen LogP) is 4.18. The summed E-state index contributed by atoms with van der Waals surface area (Å²) < 4.78 is 41.4. The van der Waals surface area contributed by atoms with E-state index >= 15 is 0 Å². The van der Waals surface area contributed by atoms with Crippen LogP contribution in [-0.2, 0) is 14.4 Å². The molecule has 2 heterocycles. The van der Waals surface area contributed by atoms with Crippen LogP contribution in [0.2, 0.25) is 0 Å². The van der Waals surface area contributed by atoms with Gasteiger partial charge >= 0.3 is 0 Å². The minimum atomic E-state index is -0.821. The SMILES string of the molecule is CC(=O)Nc1ccc(-c2csc(NC(=O)C3CC(=O)N(c4cc(F)cc(F)c4)C3)n2)c(F)c1. The number of thiazole rings is 1. The third-order valence-electron chi connectivity index (χ3n) is 4.95. The number of nitrogens with one attached hydrogen (secondary N) is 2. The number of nitrogens with zero attached hydrogens (tertiary/aromatic N) is 2. The molecule has 170 valence electrons. The highest BCUT2D eigenvalue weighted by Gasteiger charge is 2.35. The average Bonchev–Trinajstić information content (AvgIpc) is 3.33. The number of benzene rings is 2. The van der Waals surface area contributed by atoms with Crippen LogP contribution in [0.25, 0.3) is 11.3 Å². The van der Waals surface area contributed by atoms with Gasteiger partial charge in [-0.1, -0.05) is 0 Å². The number of rotatable bonds is 5. The van der Waals surface area contributed by atoms with Crippen molar-refractivity contribution in [2.75, 3.05) is 22.1 Å². The molecule has 2 aromatic carbocycles. The minimum Gasteiger partial charge on any atom is -0.326 e. The molecule has 7 nitrogen and oxygen atoms in total. The fourth-order valence-electron chi connectivity index (χ4n) is 3.49. The molecule has 1 fully saturated rings. The molecule has 0 spiro atoms. The number of carbonyl (C=O) groups excluding carboxylic acids is 3. The van der Waals surface area contributed by atoms with Gasteiger partial charge in [0.2, 0.25) is 17.7 Å². The number of carbonyl (C=O) groups is 3. The lowest BCUT2D eigenvalue weighted by molar-refractivity contribution is -0.122. The number of hydrogen-bond acceptors (Lipinski definition) is 5. The van der Waals surface area contributed by atoms with Crippen molar-refractivity contribution in [1.29, 1.82) is 0 Å². The Kier molecular flexibility index (Phi) is 6.14.